The molecule has 3 aromatic heterocycles. The van der Waals surface area contributed by atoms with Crippen LogP contribution in [0.1, 0.15) is 17.4 Å². The monoisotopic (exact) mass is 379 g/mol. The third kappa shape index (κ3) is 3.73. The van der Waals surface area contributed by atoms with Crippen LogP contribution in [0.4, 0.5) is 4.39 Å². The van der Waals surface area contributed by atoms with E-state index in [1.165, 1.54) is 23.0 Å². The van der Waals surface area contributed by atoms with E-state index in [-0.39, 0.29) is 17.6 Å². The highest BCUT2D eigenvalue weighted by atomic mass is 19.1. The van der Waals surface area contributed by atoms with E-state index in [1.54, 1.807) is 24.4 Å². The Morgan fingerprint density at radius 2 is 2.07 bits per heavy atom. The summed E-state index contributed by atoms with van der Waals surface area (Å²) in [6.07, 6.45) is 4.95. The Morgan fingerprint density at radius 3 is 2.82 bits per heavy atom. The smallest absolute Gasteiger partial charge is 0.270 e. The van der Waals surface area contributed by atoms with Gasteiger partial charge in [-0.15, -0.1) is 0 Å². The van der Waals surface area contributed by atoms with Crippen LogP contribution in [-0.4, -0.2) is 41.8 Å². The second kappa shape index (κ2) is 7.55. The summed E-state index contributed by atoms with van der Waals surface area (Å²) >= 11 is 0. The summed E-state index contributed by atoms with van der Waals surface area (Å²) in [7, 11) is 0. The summed E-state index contributed by atoms with van der Waals surface area (Å²) in [4.78, 5) is 21.3. The average molecular weight is 379 g/mol. The minimum absolute atomic E-state index is 0.188. The van der Waals surface area contributed by atoms with Crippen LogP contribution >= 0.6 is 0 Å². The summed E-state index contributed by atoms with van der Waals surface area (Å²) in [6.45, 7) is 3.20. The molecule has 0 saturated heterocycles. The van der Waals surface area contributed by atoms with Crippen LogP contribution in [0.2, 0.25) is 0 Å². The van der Waals surface area contributed by atoms with E-state index >= 15 is 0 Å². The predicted molar refractivity (Wildman–Crippen MR) is 99.9 cm³/mol. The number of carbonyl (C=O) groups is 1. The summed E-state index contributed by atoms with van der Waals surface area (Å²) in [5.41, 5.74) is 1.52. The number of carbonyl (C=O) groups excluding carboxylic acids is 1. The molecule has 0 spiro atoms. The SMILES string of the molecule is C[C@@H](CNC(=O)c1cc(-c2ccc(F)cc2)nc2ncnn12)Cn1cccn1. The molecule has 0 saturated carbocycles. The molecule has 0 unspecified atom stereocenters. The van der Waals surface area contributed by atoms with E-state index in [1.807, 2.05) is 23.9 Å². The Labute approximate surface area is 160 Å². The highest BCUT2D eigenvalue weighted by Crippen LogP contribution is 2.19. The van der Waals surface area contributed by atoms with Crippen LogP contribution in [0.25, 0.3) is 17.0 Å². The number of hydrogen-bond acceptors (Lipinski definition) is 5. The van der Waals surface area contributed by atoms with E-state index < -0.39 is 0 Å². The maximum atomic E-state index is 13.2. The first kappa shape index (κ1) is 17.8. The first-order valence-electron chi connectivity index (χ1n) is 8.82. The van der Waals surface area contributed by atoms with E-state index in [9.17, 15) is 9.18 Å². The Balaban J connectivity index is 1.55. The molecule has 4 rings (SSSR count). The maximum absolute atomic E-state index is 13.2. The third-order valence-electron chi connectivity index (χ3n) is 4.29. The number of amides is 1. The van der Waals surface area contributed by atoms with E-state index in [2.05, 4.69) is 25.5 Å². The van der Waals surface area contributed by atoms with Gasteiger partial charge in [-0.25, -0.2) is 9.37 Å². The molecule has 4 aromatic rings. The number of aromatic nitrogens is 6. The Bertz CT molecular complexity index is 1090. The van der Waals surface area contributed by atoms with Crippen LogP contribution in [0.3, 0.4) is 0 Å². The zero-order chi connectivity index (χ0) is 19.5. The Kier molecular flexibility index (Phi) is 4.79. The Morgan fingerprint density at radius 1 is 1.25 bits per heavy atom. The second-order valence-electron chi connectivity index (χ2n) is 6.55. The molecule has 0 aliphatic carbocycles. The molecule has 3 heterocycles. The van der Waals surface area contributed by atoms with Crippen molar-refractivity contribution in [2.45, 2.75) is 13.5 Å². The second-order valence-corrected chi connectivity index (χ2v) is 6.55. The molecule has 1 atom stereocenters. The number of benzene rings is 1. The topological polar surface area (TPSA) is 90.0 Å². The number of rotatable bonds is 6. The highest BCUT2D eigenvalue weighted by molar-refractivity contribution is 5.94. The molecular weight excluding hydrogens is 361 g/mol. The molecule has 0 radical (unpaired) electrons. The molecule has 1 N–H and O–H groups in total. The van der Waals surface area contributed by atoms with Crippen molar-refractivity contribution in [2.24, 2.45) is 5.92 Å². The average Bonchev–Trinajstić information content (AvgIpc) is 3.37. The van der Waals surface area contributed by atoms with Crippen molar-refractivity contribution < 1.29 is 9.18 Å². The van der Waals surface area contributed by atoms with E-state index in [4.69, 9.17) is 0 Å². The van der Waals surface area contributed by atoms with Crippen molar-refractivity contribution in [3.8, 4) is 11.3 Å². The van der Waals surface area contributed by atoms with Gasteiger partial charge in [0.25, 0.3) is 11.7 Å². The summed E-state index contributed by atoms with van der Waals surface area (Å²) in [5, 5.41) is 11.2. The Hall–Kier alpha value is -3.62. The fourth-order valence-corrected chi connectivity index (χ4v) is 2.89. The number of halogens is 1. The van der Waals surface area contributed by atoms with Gasteiger partial charge in [0.2, 0.25) is 0 Å². The van der Waals surface area contributed by atoms with Gasteiger partial charge in [-0.1, -0.05) is 6.92 Å². The third-order valence-corrected chi connectivity index (χ3v) is 4.29. The van der Waals surface area contributed by atoms with Gasteiger partial charge in [0.1, 0.15) is 17.8 Å². The van der Waals surface area contributed by atoms with Crippen LogP contribution in [0.5, 0.6) is 0 Å². The maximum Gasteiger partial charge on any atom is 0.270 e. The minimum atomic E-state index is -0.337. The molecular formula is C19H18FN7O. The van der Waals surface area contributed by atoms with E-state index in [0.29, 0.717) is 35.8 Å². The normalized spacial score (nSPS) is 12.2. The van der Waals surface area contributed by atoms with Crippen LogP contribution in [0, 0.1) is 11.7 Å². The molecule has 28 heavy (non-hydrogen) atoms. The lowest BCUT2D eigenvalue weighted by molar-refractivity contribution is 0.0939. The number of hydrogen-bond donors (Lipinski definition) is 1. The standard InChI is InChI=1S/C19H18FN7O/c1-13(11-26-8-2-7-23-26)10-21-18(28)17-9-16(14-3-5-15(20)6-4-14)25-19-22-12-24-27(17)19/h2-9,12-13H,10-11H2,1H3,(H,21,28)/t13-/m0/s1. The number of nitrogens with one attached hydrogen (secondary N) is 1. The van der Waals surface area contributed by atoms with Gasteiger partial charge >= 0.3 is 0 Å². The number of nitrogens with zero attached hydrogens (tertiary/aromatic N) is 6. The van der Waals surface area contributed by atoms with Crippen molar-refractivity contribution in [1.29, 1.82) is 0 Å². The molecule has 0 aliphatic heterocycles. The quantitative estimate of drug-likeness (QED) is 0.555. The molecule has 0 aliphatic rings. The molecule has 1 aromatic carbocycles. The van der Waals surface area contributed by atoms with E-state index in [0.717, 1.165) is 0 Å². The van der Waals surface area contributed by atoms with Gasteiger partial charge in [-0.3, -0.25) is 9.48 Å². The lowest BCUT2D eigenvalue weighted by atomic mass is 10.1. The lowest BCUT2D eigenvalue weighted by Crippen LogP contribution is -2.31. The minimum Gasteiger partial charge on any atom is -0.350 e. The predicted octanol–water partition coefficient (Wildman–Crippen LogP) is 2.19. The first-order chi connectivity index (χ1) is 13.6. The van der Waals surface area contributed by atoms with Crippen molar-refractivity contribution in [2.75, 3.05) is 6.54 Å². The lowest BCUT2D eigenvalue weighted by Gasteiger charge is -2.13. The first-order valence-corrected chi connectivity index (χ1v) is 8.82. The summed E-state index contributed by atoms with van der Waals surface area (Å²) in [5.74, 6) is -0.130. The van der Waals surface area contributed by atoms with Crippen LogP contribution in [0.15, 0.2) is 55.1 Å². The van der Waals surface area contributed by atoms with Crippen molar-refractivity contribution in [3.05, 3.63) is 66.6 Å². The van der Waals surface area contributed by atoms with Gasteiger partial charge in [0, 0.05) is 31.0 Å². The largest absolute Gasteiger partial charge is 0.350 e. The van der Waals surface area contributed by atoms with Gasteiger partial charge < -0.3 is 5.32 Å². The molecule has 142 valence electrons. The van der Waals surface area contributed by atoms with Crippen molar-refractivity contribution in [3.63, 3.8) is 0 Å². The van der Waals surface area contributed by atoms with Gasteiger partial charge in [0.05, 0.1) is 5.69 Å². The van der Waals surface area contributed by atoms with Crippen LogP contribution in [-0.2, 0) is 6.54 Å². The van der Waals surface area contributed by atoms with Crippen molar-refractivity contribution in [1.82, 2.24) is 34.7 Å². The van der Waals surface area contributed by atoms with Crippen LogP contribution < -0.4 is 5.32 Å². The fraction of sp³-hybridized carbons (Fsp3) is 0.211. The molecule has 0 bridgehead atoms. The number of fused-ring (bicyclic) bond motifs is 1. The van der Waals surface area contributed by atoms with Gasteiger partial charge in [-0.2, -0.15) is 19.7 Å². The van der Waals surface area contributed by atoms with Gasteiger partial charge in [-0.05, 0) is 42.3 Å². The fourth-order valence-electron chi connectivity index (χ4n) is 2.89. The molecule has 0 fully saturated rings. The zero-order valence-corrected chi connectivity index (χ0v) is 15.2. The van der Waals surface area contributed by atoms with Crippen molar-refractivity contribution >= 4 is 11.7 Å². The molecule has 9 heteroatoms. The zero-order valence-electron chi connectivity index (χ0n) is 15.2. The van der Waals surface area contributed by atoms with Gasteiger partial charge in [0.15, 0.2) is 0 Å². The summed E-state index contributed by atoms with van der Waals surface area (Å²) in [6, 6.07) is 9.41. The molecule has 1 amide bonds. The summed E-state index contributed by atoms with van der Waals surface area (Å²) < 4.78 is 16.4. The highest BCUT2D eigenvalue weighted by Gasteiger charge is 2.16. The molecule has 8 nitrogen and oxygen atoms in total.